The number of unbranched alkanes of at least 4 members (excludes halogenated alkanes) is 4. The maximum Gasteiger partial charge on any atom is 0.408 e. The second-order valence-electron chi connectivity index (χ2n) is 16.6. The molecule has 58 heavy (non-hydrogen) atoms. The van der Waals surface area contributed by atoms with Crippen LogP contribution in [0.5, 0.6) is 11.5 Å². The van der Waals surface area contributed by atoms with Crippen molar-refractivity contribution in [2.75, 3.05) is 34.5 Å². The van der Waals surface area contributed by atoms with E-state index in [2.05, 4.69) is 5.32 Å². The van der Waals surface area contributed by atoms with Gasteiger partial charge in [0, 0.05) is 32.1 Å². The van der Waals surface area contributed by atoms with Gasteiger partial charge in [-0.3, -0.25) is 14.4 Å². The van der Waals surface area contributed by atoms with Gasteiger partial charge >= 0.3 is 12.1 Å². The van der Waals surface area contributed by atoms with Gasteiger partial charge in [0.1, 0.15) is 47.4 Å². The molecule has 6 rings (SSSR count). The number of primary amides is 1. The second kappa shape index (κ2) is 19.7. The largest absolute Gasteiger partial charge is 0.488 e. The third-order valence-corrected chi connectivity index (χ3v) is 12.3. The topological polar surface area (TPSA) is 178 Å². The fraction of sp³-hybridized carbons (Fsp3) is 0.651. The minimum Gasteiger partial charge on any atom is -0.488 e. The summed E-state index contributed by atoms with van der Waals surface area (Å²) in [7, 11) is 4.47. The quantitative estimate of drug-likeness (QED) is 0.0790. The molecular formula is C43H59ClN4O10. The summed E-state index contributed by atoms with van der Waals surface area (Å²) in [6.07, 6.45) is 9.83. The SMILES string of the molecule is COC(=O)[C@H]1C[C@H]1CCCCCCC[C@H](NC(=O)OC1C[C@@H]2C[C@@H]2C1)C(=O)N1C[C@H](Oc2cc(C=C(C)C)nc3c(Cl)c(OCC(OC)OC)ccc23)C[C@H]1C(N)=O. The fourth-order valence-electron chi connectivity index (χ4n) is 8.60. The summed E-state index contributed by atoms with van der Waals surface area (Å²) >= 11 is 6.87. The molecule has 318 valence electrons. The predicted octanol–water partition coefficient (Wildman–Crippen LogP) is 6.58. The number of pyridine rings is 1. The number of aromatic nitrogens is 1. The molecule has 14 nitrogen and oxygen atoms in total. The van der Waals surface area contributed by atoms with Crippen LogP contribution in [0, 0.1) is 23.7 Å². The van der Waals surface area contributed by atoms with Gasteiger partial charge in [0.05, 0.1) is 30.8 Å². The molecule has 1 unspecified atom stereocenters. The van der Waals surface area contributed by atoms with Gasteiger partial charge in [-0.25, -0.2) is 9.78 Å². The lowest BCUT2D eigenvalue weighted by atomic mass is 10.0. The number of amides is 3. The molecule has 4 aliphatic rings. The lowest BCUT2D eigenvalue weighted by Crippen LogP contribution is -2.53. The highest BCUT2D eigenvalue weighted by Crippen LogP contribution is 2.52. The summed E-state index contributed by atoms with van der Waals surface area (Å²) in [5, 5.41) is 3.76. The van der Waals surface area contributed by atoms with E-state index in [-0.39, 0.29) is 42.6 Å². The van der Waals surface area contributed by atoms with E-state index in [9.17, 15) is 19.2 Å². The molecule has 1 saturated heterocycles. The first-order valence-electron chi connectivity index (χ1n) is 20.7. The van der Waals surface area contributed by atoms with E-state index in [1.165, 1.54) is 32.7 Å². The Kier molecular flexibility index (Phi) is 14.8. The molecule has 3 aliphatic carbocycles. The summed E-state index contributed by atoms with van der Waals surface area (Å²) < 4.78 is 33.6. The minimum atomic E-state index is -0.945. The number of nitrogens with one attached hydrogen (secondary N) is 1. The Morgan fingerprint density at radius 3 is 2.36 bits per heavy atom. The highest BCUT2D eigenvalue weighted by atomic mass is 35.5. The molecule has 0 spiro atoms. The van der Waals surface area contributed by atoms with Crippen LogP contribution < -0.4 is 20.5 Å². The number of nitrogens with two attached hydrogens (primary N) is 1. The van der Waals surface area contributed by atoms with Crippen molar-refractivity contribution in [3.05, 3.63) is 34.5 Å². The monoisotopic (exact) mass is 826 g/mol. The lowest BCUT2D eigenvalue weighted by molar-refractivity contribution is -0.142. The van der Waals surface area contributed by atoms with Crippen LogP contribution in [0.25, 0.3) is 17.0 Å². The Morgan fingerprint density at radius 1 is 0.948 bits per heavy atom. The lowest BCUT2D eigenvalue weighted by Gasteiger charge is -2.28. The summed E-state index contributed by atoms with van der Waals surface area (Å²) in [5.74, 6) is 1.41. The van der Waals surface area contributed by atoms with Gasteiger partial charge in [-0.05, 0) is 88.3 Å². The third-order valence-electron chi connectivity index (χ3n) is 11.9. The van der Waals surface area contributed by atoms with Crippen LogP contribution in [-0.4, -0.2) is 98.8 Å². The van der Waals surface area contributed by atoms with Crippen LogP contribution in [0.3, 0.4) is 0 Å². The number of allylic oxidation sites excluding steroid dienone is 1. The number of halogens is 1. The van der Waals surface area contributed by atoms with Gasteiger partial charge in [0.2, 0.25) is 11.8 Å². The number of carbonyl (C=O) groups is 4. The van der Waals surface area contributed by atoms with Gasteiger partial charge in [-0.15, -0.1) is 0 Å². The Hall–Kier alpha value is -4.14. The number of alkyl carbamates (subject to hydrolysis) is 1. The fourth-order valence-corrected chi connectivity index (χ4v) is 8.87. The molecule has 3 saturated carbocycles. The van der Waals surface area contributed by atoms with Crippen LogP contribution in [0.15, 0.2) is 23.8 Å². The number of rotatable bonds is 21. The first-order chi connectivity index (χ1) is 27.9. The third kappa shape index (κ3) is 11.1. The minimum absolute atomic E-state index is 0.0460. The number of esters is 1. The zero-order valence-corrected chi connectivity index (χ0v) is 35.1. The summed E-state index contributed by atoms with van der Waals surface area (Å²) in [4.78, 5) is 58.4. The van der Waals surface area contributed by atoms with Gasteiger partial charge in [0.25, 0.3) is 0 Å². The number of fused-ring (bicyclic) bond motifs is 2. The Morgan fingerprint density at radius 2 is 1.67 bits per heavy atom. The standard InChI is InChI=1S/C43H59ClN4O10/c1-24(2)15-28-20-36(31-13-14-35(38(44)39(31)46-28)56-23-37(53-3)54-4)57-30-21-34(40(45)49)48(22-30)41(50)33(47-43(52)58-29-17-26-16-27(26)18-29)12-10-8-6-7-9-11-25-19-32(25)42(51)55-5/h13-15,20,25-27,29-30,32-34,37H,6-12,16-19,21-23H2,1-5H3,(H2,45,49)(H,47,52)/t25-,26-,27+,29?,30-,32+,33+,34+/m1/s1. The molecule has 3 amide bonds. The predicted molar refractivity (Wildman–Crippen MR) is 217 cm³/mol. The van der Waals surface area contributed by atoms with Crippen molar-refractivity contribution in [1.29, 1.82) is 0 Å². The first kappa shape index (κ1) is 43.4. The van der Waals surface area contributed by atoms with Crippen molar-refractivity contribution in [2.24, 2.45) is 29.4 Å². The van der Waals surface area contributed by atoms with Gasteiger partial charge in [0.15, 0.2) is 6.29 Å². The molecule has 0 bridgehead atoms. The van der Waals surface area contributed by atoms with Crippen LogP contribution in [-0.2, 0) is 33.3 Å². The van der Waals surface area contributed by atoms with Crippen molar-refractivity contribution < 1.29 is 47.6 Å². The highest BCUT2D eigenvalue weighted by molar-refractivity contribution is 6.36. The summed E-state index contributed by atoms with van der Waals surface area (Å²) in [6.45, 7) is 4.08. The molecule has 4 fully saturated rings. The van der Waals surface area contributed by atoms with Crippen LogP contribution in [0.4, 0.5) is 4.79 Å². The molecule has 2 heterocycles. The van der Waals surface area contributed by atoms with Crippen LogP contribution in [0.2, 0.25) is 5.02 Å². The summed E-state index contributed by atoms with van der Waals surface area (Å²) in [5.41, 5.74) is 7.98. The van der Waals surface area contributed by atoms with Crippen LogP contribution >= 0.6 is 11.6 Å². The molecular weight excluding hydrogens is 768 g/mol. The smallest absolute Gasteiger partial charge is 0.408 e. The Balaban J connectivity index is 1.13. The Labute approximate surface area is 345 Å². The molecule has 3 N–H and O–H groups in total. The molecule has 15 heteroatoms. The van der Waals surface area contributed by atoms with E-state index in [0.29, 0.717) is 58.7 Å². The number of ether oxygens (including phenoxy) is 6. The molecule has 1 aromatic carbocycles. The van der Waals surface area contributed by atoms with E-state index >= 15 is 0 Å². The number of carbonyl (C=O) groups excluding carboxylic acids is 4. The van der Waals surface area contributed by atoms with Crippen LogP contribution in [0.1, 0.15) is 96.6 Å². The molecule has 0 radical (unpaired) electrons. The number of nitrogens with zero attached hydrogens (tertiary/aromatic N) is 2. The number of benzene rings is 1. The zero-order chi connectivity index (χ0) is 41.5. The van der Waals surface area contributed by atoms with Gasteiger partial charge in [-0.1, -0.05) is 49.3 Å². The number of hydrogen-bond donors (Lipinski definition) is 2. The van der Waals surface area contributed by atoms with E-state index < -0.39 is 42.4 Å². The first-order valence-corrected chi connectivity index (χ1v) is 21.0. The Bertz CT molecular complexity index is 1820. The average Bonchev–Trinajstić information content (AvgIpc) is 4.05. The van der Waals surface area contributed by atoms with Gasteiger partial charge in [-0.2, -0.15) is 0 Å². The molecule has 1 aromatic heterocycles. The molecule has 2 aromatic rings. The van der Waals surface area contributed by atoms with Crippen molar-refractivity contribution in [1.82, 2.24) is 15.2 Å². The normalized spacial score (nSPS) is 24.9. The van der Waals surface area contributed by atoms with E-state index in [0.717, 1.165) is 56.9 Å². The van der Waals surface area contributed by atoms with Gasteiger partial charge < -0.3 is 44.4 Å². The second-order valence-corrected chi connectivity index (χ2v) is 16.9. The van der Waals surface area contributed by atoms with E-state index in [4.69, 9.17) is 50.7 Å². The highest BCUT2D eigenvalue weighted by Gasteiger charge is 2.48. The van der Waals surface area contributed by atoms with Crippen molar-refractivity contribution >= 4 is 52.5 Å². The molecule has 1 aliphatic heterocycles. The number of methoxy groups -OCH3 is 3. The van der Waals surface area contributed by atoms with Crippen molar-refractivity contribution in [2.45, 2.75) is 121 Å². The average molecular weight is 827 g/mol. The maximum atomic E-state index is 14.4. The summed E-state index contributed by atoms with van der Waals surface area (Å²) in [6, 6.07) is 3.47. The van der Waals surface area contributed by atoms with E-state index in [1.807, 2.05) is 19.9 Å². The van der Waals surface area contributed by atoms with Crippen molar-refractivity contribution in [3.8, 4) is 11.5 Å². The maximum absolute atomic E-state index is 14.4. The number of likely N-dealkylation sites (tertiary alicyclic amines) is 1. The van der Waals surface area contributed by atoms with E-state index in [1.54, 1.807) is 18.2 Å². The molecule has 8 atom stereocenters. The number of hydrogen-bond acceptors (Lipinski definition) is 11. The zero-order valence-electron chi connectivity index (χ0n) is 34.3. The van der Waals surface area contributed by atoms with Crippen molar-refractivity contribution in [3.63, 3.8) is 0 Å².